The van der Waals surface area contributed by atoms with Crippen LogP contribution < -0.4 is 15.1 Å². The first-order valence-corrected chi connectivity index (χ1v) is 9.83. The molecule has 29 heavy (non-hydrogen) atoms. The number of ether oxygens (including phenoxy) is 1. The largest absolute Gasteiger partial charge is 0.441 e. The van der Waals surface area contributed by atoms with Crippen molar-refractivity contribution in [1.29, 1.82) is 0 Å². The molecule has 7 nitrogen and oxygen atoms in total. The van der Waals surface area contributed by atoms with Crippen LogP contribution in [0.25, 0.3) is 6.08 Å². The number of benzene rings is 1. The van der Waals surface area contributed by atoms with Crippen molar-refractivity contribution < 1.29 is 18.7 Å². The Kier molecular flexibility index (Phi) is 5.40. The molecule has 2 saturated heterocycles. The predicted molar refractivity (Wildman–Crippen MR) is 114 cm³/mol. The summed E-state index contributed by atoms with van der Waals surface area (Å²) in [6, 6.07) is 8.71. The average Bonchev–Trinajstić information content (AvgIpc) is 3.18. The number of halogens is 1. The summed E-state index contributed by atoms with van der Waals surface area (Å²) in [4.78, 5) is 28.9. The fraction of sp³-hybridized carbons (Fsp3) is 0.250. The molecule has 9 heteroatoms. The van der Waals surface area contributed by atoms with Gasteiger partial charge in [-0.05, 0) is 49.0 Å². The maximum absolute atomic E-state index is 13.1. The number of anilines is 2. The molecule has 1 aromatic carbocycles. The highest BCUT2D eigenvalue weighted by Gasteiger charge is 2.35. The van der Waals surface area contributed by atoms with Crippen molar-refractivity contribution in [1.82, 2.24) is 5.32 Å². The van der Waals surface area contributed by atoms with Gasteiger partial charge in [-0.2, -0.15) is 0 Å². The van der Waals surface area contributed by atoms with E-state index in [-0.39, 0.29) is 10.7 Å². The van der Waals surface area contributed by atoms with Crippen LogP contribution in [-0.4, -0.2) is 43.2 Å². The molecule has 1 aromatic heterocycles. The minimum atomic E-state index is -0.569. The molecule has 150 valence electrons. The third-order valence-corrected chi connectivity index (χ3v) is 5.50. The monoisotopic (exact) mass is 431 g/mol. The molecule has 0 bridgehead atoms. The molecule has 0 spiro atoms. The lowest BCUT2D eigenvalue weighted by atomic mass is 10.1. The number of furan rings is 1. The van der Waals surface area contributed by atoms with Crippen molar-refractivity contribution in [2.75, 3.05) is 36.1 Å². The SMILES string of the molecule is Cc1c(Cl)cccc1N1C(=O)/C(=C/c2ccc(N3CCOCC3)o2)C(=O)NC1=S. The van der Waals surface area contributed by atoms with E-state index in [1.165, 1.54) is 11.0 Å². The van der Waals surface area contributed by atoms with Gasteiger partial charge in [0.15, 0.2) is 11.0 Å². The second kappa shape index (κ2) is 7.98. The summed E-state index contributed by atoms with van der Waals surface area (Å²) in [7, 11) is 0. The zero-order valence-electron chi connectivity index (χ0n) is 15.6. The van der Waals surface area contributed by atoms with Gasteiger partial charge in [-0.1, -0.05) is 17.7 Å². The molecular weight excluding hydrogens is 414 g/mol. The van der Waals surface area contributed by atoms with Crippen LogP contribution in [0.15, 0.2) is 40.3 Å². The van der Waals surface area contributed by atoms with Crippen LogP contribution in [0.5, 0.6) is 0 Å². The van der Waals surface area contributed by atoms with Crippen molar-refractivity contribution in [3.05, 3.63) is 52.3 Å². The Morgan fingerprint density at radius 2 is 1.93 bits per heavy atom. The minimum absolute atomic E-state index is 0.0102. The normalized spacial score (nSPS) is 19.1. The lowest BCUT2D eigenvalue weighted by Crippen LogP contribution is -2.54. The average molecular weight is 432 g/mol. The summed E-state index contributed by atoms with van der Waals surface area (Å²) >= 11 is 11.4. The number of amides is 2. The number of nitrogens with zero attached hydrogens (tertiary/aromatic N) is 2. The van der Waals surface area contributed by atoms with Crippen LogP contribution in [0.3, 0.4) is 0 Å². The number of carbonyl (C=O) groups is 2. The van der Waals surface area contributed by atoms with E-state index < -0.39 is 11.8 Å². The smallest absolute Gasteiger partial charge is 0.270 e. The van der Waals surface area contributed by atoms with Crippen molar-refractivity contribution in [3.8, 4) is 0 Å². The Morgan fingerprint density at radius 1 is 1.17 bits per heavy atom. The lowest BCUT2D eigenvalue weighted by molar-refractivity contribution is -0.122. The topological polar surface area (TPSA) is 75.0 Å². The Morgan fingerprint density at radius 3 is 2.69 bits per heavy atom. The first-order valence-electron chi connectivity index (χ1n) is 9.05. The maximum Gasteiger partial charge on any atom is 0.270 e. The summed E-state index contributed by atoms with van der Waals surface area (Å²) in [6.07, 6.45) is 1.43. The molecule has 0 aliphatic carbocycles. The Hall–Kier alpha value is -2.68. The zero-order chi connectivity index (χ0) is 20.5. The maximum atomic E-state index is 13.1. The van der Waals surface area contributed by atoms with Gasteiger partial charge in [0.25, 0.3) is 11.8 Å². The van der Waals surface area contributed by atoms with Gasteiger partial charge in [0.05, 0.1) is 18.9 Å². The Balaban J connectivity index is 1.65. The van der Waals surface area contributed by atoms with Gasteiger partial charge in [0.1, 0.15) is 11.3 Å². The molecule has 2 aliphatic rings. The molecule has 1 N–H and O–H groups in total. The summed E-state index contributed by atoms with van der Waals surface area (Å²) in [5.74, 6) is -0.0313. The molecule has 2 aliphatic heterocycles. The standard InChI is InChI=1S/C20H18ClN3O4S/c1-12-15(21)3-2-4-16(12)24-19(26)14(18(25)22-20(24)29)11-13-5-6-17(28-13)23-7-9-27-10-8-23/h2-6,11H,7-10H2,1H3,(H,22,25,29)/b14-11+. The van der Waals surface area contributed by atoms with E-state index in [0.29, 0.717) is 41.1 Å². The van der Waals surface area contributed by atoms with Crippen LogP contribution in [0.1, 0.15) is 11.3 Å². The summed E-state index contributed by atoms with van der Waals surface area (Å²) < 4.78 is 11.2. The van der Waals surface area contributed by atoms with E-state index in [2.05, 4.69) is 5.32 Å². The van der Waals surface area contributed by atoms with Crippen molar-refractivity contribution >= 4 is 58.4 Å². The fourth-order valence-electron chi connectivity index (χ4n) is 3.23. The van der Waals surface area contributed by atoms with Crippen molar-refractivity contribution in [2.45, 2.75) is 6.92 Å². The van der Waals surface area contributed by atoms with Crippen LogP contribution >= 0.6 is 23.8 Å². The number of carbonyl (C=O) groups excluding carboxylic acids is 2. The van der Waals surface area contributed by atoms with Crippen LogP contribution in [0.4, 0.5) is 11.6 Å². The minimum Gasteiger partial charge on any atom is -0.441 e. The number of morpholine rings is 1. The highest BCUT2D eigenvalue weighted by atomic mass is 35.5. The van der Waals surface area contributed by atoms with E-state index in [4.69, 9.17) is 33.0 Å². The van der Waals surface area contributed by atoms with Crippen LogP contribution in [-0.2, 0) is 14.3 Å². The molecule has 0 unspecified atom stereocenters. The Bertz CT molecular complexity index is 1030. The third-order valence-electron chi connectivity index (χ3n) is 4.80. The molecule has 0 saturated carbocycles. The molecule has 0 atom stereocenters. The van der Waals surface area contributed by atoms with E-state index in [1.54, 1.807) is 31.2 Å². The van der Waals surface area contributed by atoms with Gasteiger partial charge in [0, 0.05) is 24.2 Å². The van der Waals surface area contributed by atoms with E-state index >= 15 is 0 Å². The highest BCUT2D eigenvalue weighted by molar-refractivity contribution is 7.80. The van der Waals surface area contributed by atoms with E-state index in [0.717, 1.165) is 13.1 Å². The molecule has 0 radical (unpaired) electrons. The number of hydrogen-bond donors (Lipinski definition) is 1. The van der Waals surface area contributed by atoms with Gasteiger partial charge in [-0.15, -0.1) is 0 Å². The van der Waals surface area contributed by atoms with Crippen molar-refractivity contribution in [3.63, 3.8) is 0 Å². The fourth-order valence-corrected chi connectivity index (χ4v) is 3.67. The van der Waals surface area contributed by atoms with Crippen LogP contribution in [0, 0.1) is 6.92 Å². The molecule has 2 aromatic rings. The van der Waals surface area contributed by atoms with Gasteiger partial charge in [-0.3, -0.25) is 19.8 Å². The first-order chi connectivity index (χ1) is 14.0. The molecule has 2 amide bonds. The van der Waals surface area contributed by atoms with Crippen LogP contribution in [0.2, 0.25) is 5.02 Å². The van der Waals surface area contributed by atoms with Crippen molar-refractivity contribution in [2.24, 2.45) is 0 Å². The second-order valence-corrected chi connectivity index (χ2v) is 7.41. The number of rotatable bonds is 3. The van der Waals surface area contributed by atoms with Gasteiger partial charge in [0.2, 0.25) is 0 Å². The van der Waals surface area contributed by atoms with Gasteiger partial charge >= 0.3 is 0 Å². The lowest BCUT2D eigenvalue weighted by Gasteiger charge is -2.30. The Labute approximate surface area is 177 Å². The first kappa shape index (κ1) is 19.6. The predicted octanol–water partition coefficient (Wildman–Crippen LogP) is 2.91. The quantitative estimate of drug-likeness (QED) is 0.457. The molecule has 4 rings (SSSR count). The molecule has 2 fully saturated rings. The molecule has 3 heterocycles. The van der Waals surface area contributed by atoms with Gasteiger partial charge in [-0.25, -0.2) is 0 Å². The zero-order valence-corrected chi connectivity index (χ0v) is 17.2. The summed E-state index contributed by atoms with van der Waals surface area (Å²) in [5.41, 5.74) is 1.14. The van der Waals surface area contributed by atoms with E-state index in [1.807, 2.05) is 11.0 Å². The molecular formula is C20H18ClN3O4S. The van der Waals surface area contributed by atoms with Gasteiger partial charge < -0.3 is 14.1 Å². The highest BCUT2D eigenvalue weighted by Crippen LogP contribution is 2.30. The van der Waals surface area contributed by atoms with E-state index in [9.17, 15) is 9.59 Å². The summed E-state index contributed by atoms with van der Waals surface area (Å²) in [5, 5.41) is 3.07. The second-order valence-electron chi connectivity index (χ2n) is 6.62. The number of nitrogens with one attached hydrogen (secondary N) is 1. The summed E-state index contributed by atoms with van der Waals surface area (Å²) in [6.45, 7) is 4.49. The third kappa shape index (κ3) is 3.78. The number of hydrogen-bond acceptors (Lipinski definition) is 6. The number of thiocarbonyl (C=S) groups is 1.